The Kier molecular flexibility index (Phi) is 5.32. The van der Waals surface area contributed by atoms with Crippen LogP contribution in [0.3, 0.4) is 0 Å². The van der Waals surface area contributed by atoms with Crippen LogP contribution in [0.2, 0.25) is 10.0 Å². The van der Waals surface area contributed by atoms with E-state index in [-0.39, 0.29) is 11.5 Å². The summed E-state index contributed by atoms with van der Waals surface area (Å²) in [5, 5.41) is 12.7. The van der Waals surface area contributed by atoms with E-state index in [0.29, 0.717) is 27.0 Å². The Morgan fingerprint density at radius 1 is 1.21 bits per heavy atom. The van der Waals surface area contributed by atoms with Crippen molar-refractivity contribution in [3.8, 4) is 17.3 Å². The van der Waals surface area contributed by atoms with Crippen LogP contribution in [0.1, 0.15) is 61.5 Å². The first-order valence-electron chi connectivity index (χ1n) is 9.70. The second kappa shape index (κ2) is 7.61. The van der Waals surface area contributed by atoms with Crippen molar-refractivity contribution in [2.24, 2.45) is 5.84 Å². The highest BCUT2D eigenvalue weighted by atomic mass is 35.5. The molecule has 5 nitrogen and oxygen atoms in total. The summed E-state index contributed by atoms with van der Waals surface area (Å²) in [7, 11) is 0. The number of halogens is 2. The third kappa shape index (κ3) is 3.29. The average molecular weight is 416 g/mol. The van der Waals surface area contributed by atoms with Gasteiger partial charge in [-0.1, -0.05) is 35.3 Å². The van der Waals surface area contributed by atoms with Crippen LogP contribution in [0.15, 0.2) is 18.2 Å². The van der Waals surface area contributed by atoms with Gasteiger partial charge in [0.25, 0.3) is 0 Å². The average Bonchev–Trinajstić information content (AvgIpc) is 3.04. The highest BCUT2D eigenvalue weighted by Gasteiger charge is 2.43. The van der Waals surface area contributed by atoms with E-state index in [4.69, 9.17) is 34.0 Å². The molecule has 1 spiro atoms. The van der Waals surface area contributed by atoms with E-state index < -0.39 is 0 Å². The summed E-state index contributed by atoms with van der Waals surface area (Å²) in [5.41, 5.74) is 3.41. The van der Waals surface area contributed by atoms with Gasteiger partial charge < -0.3 is 0 Å². The highest BCUT2D eigenvalue weighted by Crippen LogP contribution is 2.45. The van der Waals surface area contributed by atoms with Crippen LogP contribution in [-0.2, 0) is 0 Å². The Hall–Kier alpha value is -1.71. The zero-order valence-corrected chi connectivity index (χ0v) is 17.4. The third-order valence-corrected chi connectivity index (χ3v) is 7.18. The second-order valence-electron chi connectivity index (χ2n) is 7.90. The molecular weight excluding hydrogens is 393 g/mol. The molecule has 4 rings (SSSR count). The Morgan fingerprint density at radius 2 is 1.96 bits per heavy atom. The minimum absolute atomic E-state index is 0.139. The predicted molar refractivity (Wildman–Crippen MR) is 111 cm³/mol. The smallest absolute Gasteiger partial charge is 0.162 e. The molecule has 146 valence electrons. The third-order valence-electron chi connectivity index (χ3n) is 6.36. The number of rotatable bonds is 2. The maximum absolute atomic E-state index is 9.74. The van der Waals surface area contributed by atoms with E-state index in [1.807, 2.05) is 24.1 Å². The van der Waals surface area contributed by atoms with Gasteiger partial charge in [0.1, 0.15) is 6.07 Å². The van der Waals surface area contributed by atoms with Crippen molar-refractivity contribution in [2.75, 3.05) is 6.54 Å². The summed E-state index contributed by atoms with van der Waals surface area (Å²) in [6.45, 7) is 2.88. The fraction of sp³-hybridized carbons (Fsp3) is 0.476. The van der Waals surface area contributed by atoms with Crippen LogP contribution >= 0.6 is 23.2 Å². The molecule has 2 heterocycles. The second-order valence-corrected chi connectivity index (χ2v) is 8.69. The number of nitriles is 1. The van der Waals surface area contributed by atoms with Gasteiger partial charge in [0.05, 0.1) is 27.1 Å². The summed E-state index contributed by atoms with van der Waals surface area (Å²) in [6, 6.07) is 7.66. The van der Waals surface area contributed by atoms with Crippen molar-refractivity contribution in [1.82, 2.24) is 15.0 Å². The molecule has 1 aromatic carbocycles. The van der Waals surface area contributed by atoms with Gasteiger partial charge in [-0.15, -0.1) is 0 Å². The molecule has 1 aliphatic heterocycles. The lowest BCUT2D eigenvalue weighted by Gasteiger charge is -2.41. The minimum Gasteiger partial charge on any atom is -0.268 e. The molecule has 0 unspecified atom stereocenters. The van der Waals surface area contributed by atoms with Gasteiger partial charge in [-0.25, -0.2) is 9.99 Å². The molecule has 1 saturated heterocycles. The van der Waals surface area contributed by atoms with Crippen LogP contribution in [0, 0.1) is 18.3 Å². The Balaban J connectivity index is 1.66. The lowest BCUT2D eigenvalue weighted by Crippen LogP contribution is -2.50. The van der Waals surface area contributed by atoms with E-state index in [0.717, 1.165) is 50.0 Å². The number of aryl methyl sites for hydroxylation is 1. The van der Waals surface area contributed by atoms with E-state index in [1.165, 1.54) is 6.42 Å². The van der Waals surface area contributed by atoms with Crippen molar-refractivity contribution in [2.45, 2.75) is 56.9 Å². The fourth-order valence-electron chi connectivity index (χ4n) is 4.77. The first kappa shape index (κ1) is 19.6. The summed E-state index contributed by atoms with van der Waals surface area (Å²) in [6.07, 6.45) is 6.38. The first-order chi connectivity index (χ1) is 13.4. The molecule has 2 fully saturated rings. The summed E-state index contributed by atoms with van der Waals surface area (Å²) in [5.74, 6) is 6.49. The van der Waals surface area contributed by atoms with Crippen molar-refractivity contribution < 1.29 is 0 Å². The number of nitrogens with zero attached hydrogens (tertiary/aromatic N) is 4. The number of benzene rings is 1. The molecule has 0 radical (unpaired) electrons. The summed E-state index contributed by atoms with van der Waals surface area (Å²) < 4.78 is 0. The standard InChI is InChI=1S/C21H23Cl2N5/c1-13-19(15-4-2-5-16(22)18(15)23)27-17(12-24)20(26-13)14-6-9-21(10-7-14)8-3-11-28(21)25/h2,4-5,14H,3,6-11,25H2,1H3. The lowest BCUT2D eigenvalue weighted by molar-refractivity contribution is 0.0860. The van der Waals surface area contributed by atoms with E-state index >= 15 is 0 Å². The van der Waals surface area contributed by atoms with Gasteiger partial charge in [0.15, 0.2) is 5.69 Å². The lowest BCUT2D eigenvalue weighted by atomic mass is 9.74. The number of hydrogen-bond donors (Lipinski definition) is 1. The SMILES string of the molecule is Cc1nc(C2CCC3(CCCN3N)CC2)c(C#N)nc1-c1cccc(Cl)c1Cl. The van der Waals surface area contributed by atoms with Gasteiger partial charge in [0, 0.05) is 23.6 Å². The van der Waals surface area contributed by atoms with Crippen molar-refractivity contribution >= 4 is 23.2 Å². The highest BCUT2D eigenvalue weighted by molar-refractivity contribution is 6.43. The molecule has 2 aliphatic rings. The number of hydrogen-bond acceptors (Lipinski definition) is 5. The van der Waals surface area contributed by atoms with E-state index in [9.17, 15) is 5.26 Å². The zero-order valence-electron chi connectivity index (χ0n) is 15.9. The topological polar surface area (TPSA) is 78.8 Å². The molecule has 1 aliphatic carbocycles. The zero-order chi connectivity index (χ0) is 19.9. The molecule has 2 N–H and O–H groups in total. The van der Waals surface area contributed by atoms with E-state index in [1.54, 1.807) is 6.07 Å². The van der Waals surface area contributed by atoms with Crippen LogP contribution in [-0.4, -0.2) is 27.1 Å². The van der Waals surface area contributed by atoms with Crippen molar-refractivity contribution in [1.29, 1.82) is 5.26 Å². The molecular formula is C21H23Cl2N5. The molecule has 1 aromatic heterocycles. The molecule has 28 heavy (non-hydrogen) atoms. The molecule has 2 aromatic rings. The minimum atomic E-state index is 0.139. The largest absolute Gasteiger partial charge is 0.268 e. The molecule has 0 bridgehead atoms. The Bertz CT molecular complexity index is 945. The Labute approximate surface area is 175 Å². The summed E-state index contributed by atoms with van der Waals surface area (Å²) in [4.78, 5) is 9.46. The van der Waals surface area contributed by atoms with Crippen LogP contribution in [0.25, 0.3) is 11.3 Å². The maximum Gasteiger partial charge on any atom is 0.162 e. The normalized spacial score (nSPS) is 25.2. The molecule has 7 heteroatoms. The maximum atomic E-state index is 9.74. The van der Waals surface area contributed by atoms with Gasteiger partial charge in [-0.2, -0.15) is 5.26 Å². The van der Waals surface area contributed by atoms with Crippen LogP contribution < -0.4 is 5.84 Å². The van der Waals surface area contributed by atoms with Crippen molar-refractivity contribution in [3.63, 3.8) is 0 Å². The van der Waals surface area contributed by atoms with Gasteiger partial charge in [-0.3, -0.25) is 10.8 Å². The predicted octanol–water partition coefficient (Wildman–Crippen LogP) is 5.00. The van der Waals surface area contributed by atoms with Crippen molar-refractivity contribution in [3.05, 3.63) is 45.3 Å². The first-order valence-corrected chi connectivity index (χ1v) is 10.5. The van der Waals surface area contributed by atoms with Crippen LogP contribution in [0.4, 0.5) is 0 Å². The van der Waals surface area contributed by atoms with Gasteiger partial charge in [-0.05, 0) is 51.5 Å². The quantitative estimate of drug-likeness (QED) is 0.698. The number of hydrazine groups is 1. The van der Waals surface area contributed by atoms with Gasteiger partial charge in [0.2, 0.25) is 0 Å². The number of aromatic nitrogens is 2. The molecule has 0 amide bonds. The fourth-order valence-corrected chi connectivity index (χ4v) is 5.16. The van der Waals surface area contributed by atoms with Crippen LogP contribution in [0.5, 0.6) is 0 Å². The van der Waals surface area contributed by atoms with Gasteiger partial charge >= 0.3 is 0 Å². The summed E-state index contributed by atoms with van der Waals surface area (Å²) >= 11 is 12.5. The Morgan fingerprint density at radius 3 is 2.61 bits per heavy atom. The van der Waals surface area contributed by atoms with E-state index in [2.05, 4.69) is 11.1 Å². The molecule has 1 saturated carbocycles. The molecule has 0 atom stereocenters. The number of nitrogens with two attached hydrogens (primary N) is 1. The monoisotopic (exact) mass is 415 g/mol.